The maximum atomic E-state index is 12.5. The maximum Gasteiger partial charge on any atom is 0.251 e. The first-order valence-corrected chi connectivity index (χ1v) is 10.8. The van der Waals surface area contributed by atoms with Crippen LogP contribution < -0.4 is 15.5 Å². The van der Waals surface area contributed by atoms with E-state index in [9.17, 15) is 4.79 Å². The molecule has 1 aliphatic heterocycles. The van der Waals surface area contributed by atoms with Crippen molar-refractivity contribution >= 4 is 23.1 Å². The molecule has 2 N–H and O–H groups in total. The third kappa shape index (κ3) is 5.37. The molecule has 0 unspecified atom stereocenters. The number of carbonyl (C=O) groups is 1. The number of anilines is 3. The van der Waals surface area contributed by atoms with E-state index in [-0.39, 0.29) is 5.91 Å². The molecule has 0 radical (unpaired) electrons. The molecule has 2 heterocycles. The summed E-state index contributed by atoms with van der Waals surface area (Å²) in [7, 11) is 0. The van der Waals surface area contributed by atoms with E-state index < -0.39 is 0 Å². The number of nitrogens with one attached hydrogen (secondary N) is 2. The Balaban J connectivity index is 1.31. The van der Waals surface area contributed by atoms with Crippen LogP contribution in [-0.2, 0) is 0 Å². The van der Waals surface area contributed by atoms with Gasteiger partial charge in [0.2, 0.25) is 0 Å². The van der Waals surface area contributed by atoms with Crippen molar-refractivity contribution in [3.05, 3.63) is 59.8 Å². The minimum absolute atomic E-state index is 0.0451. The summed E-state index contributed by atoms with van der Waals surface area (Å²) >= 11 is 0. The highest BCUT2D eigenvalue weighted by Gasteiger charge is 2.12. The van der Waals surface area contributed by atoms with Gasteiger partial charge in [-0.25, -0.2) is 4.98 Å². The number of amides is 1. The van der Waals surface area contributed by atoms with Gasteiger partial charge in [-0.2, -0.15) is 0 Å². The largest absolute Gasteiger partial charge is 0.372 e. The molecule has 29 heavy (non-hydrogen) atoms. The number of nitrogens with zero attached hydrogens (tertiary/aromatic N) is 2. The number of pyridine rings is 1. The fourth-order valence-corrected chi connectivity index (χ4v) is 4.09. The average molecular weight is 391 g/mol. The highest BCUT2D eigenvalue weighted by atomic mass is 16.1. The molecule has 1 aromatic carbocycles. The van der Waals surface area contributed by atoms with Gasteiger partial charge in [0.1, 0.15) is 5.82 Å². The van der Waals surface area contributed by atoms with Crippen LogP contribution in [0.15, 0.2) is 54.2 Å². The molecule has 152 valence electrons. The molecule has 1 saturated heterocycles. The van der Waals surface area contributed by atoms with Gasteiger partial charge in [-0.15, -0.1) is 0 Å². The van der Waals surface area contributed by atoms with Crippen LogP contribution in [0.1, 0.15) is 55.3 Å². The highest BCUT2D eigenvalue weighted by Crippen LogP contribution is 2.24. The molecule has 1 amide bonds. The molecule has 4 rings (SSSR count). The number of hydrogen-bond acceptors (Lipinski definition) is 4. The molecule has 1 aromatic heterocycles. The molecule has 0 spiro atoms. The van der Waals surface area contributed by atoms with Gasteiger partial charge < -0.3 is 15.5 Å². The molecule has 1 aliphatic carbocycles. The van der Waals surface area contributed by atoms with Crippen LogP contribution in [0.3, 0.4) is 0 Å². The highest BCUT2D eigenvalue weighted by molar-refractivity contribution is 5.94. The first-order chi connectivity index (χ1) is 14.3. The van der Waals surface area contributed by atoms with E-state index in [0.717, 1.165) is 25.2 Å². The van der Waals surface area contributed by atoms with Crippen molar-refractivity contribution in [1.82, 2.24) is 10.3 Å². The lowest BCUT2D eigenvalue weighted by molar-refractivity contribution is 0.0954. The van der Waals surface area contributed by atoms with Gasteiger partial charge in [0, 0.05) is 42.8 Å². The second-order valence-electron chi connectivity index (χ2n) is 7.91. The van der Waals surface area contributed by atoms with Crippen molar-refractivity contribution in [2.24, 2.45) is 0 Å². The first-order valence-electron chi connectivity index (χ1n) is 10.8. The molecule has 2 aromatic rings. The van der Waals surface area contributed by atoms with E-state index in [1.807, 2.05) is 6.07 Å². The summed E-state index contributed by atoms with van der Waals surface area (Å²) in [6.07, 6.45) is 12.4. The Kier molecular flexibility index (Phi) is 6.45. The zero-order chi connectivity index (χ0) is 19.9. The second-order valence-corrected chi connectivity index (χ2v) is 7.91. The van der Waals surface area contributed by atoms with Gasteiger partial charge in [-0.05, 0) is 81.3 Å². The molecular weight excluding hydrogens is 360 g/mol. The lowest BCUT2D eigenvalue weighted by atomic mass is 9.97. The minimum Gasteiger partial charge on any atom is -0.372 e. The predicted octanol–water partition coefficient (Wildman–Crippen LogP) is 5.05. The smallest absolute Gasteiger partial charge is 0.251 e. The fraction of sp³-hybridized carbons (Fsp3) is 0.417. The lowest BCUT2D eigenvalue weighted by Crippen LogP contribution is -2.25. The summed E-state index contributed by atoms with van der Waals surface area (Å²) in [5.41, 5.74) is 4.35. The van der Waals surface area contributed by atoms with Gasteiger partial charge in [-0.1, -0.05) is 11.6 Å². The fourth-order valence-electron chi connectivity index (χ4n) is 4.09. The quantitative estimate of drug-likeness (QED) is 0.650. The molecule has 5 nitrogen and oxygen atoms in total. The summed E-state index contributed by atoms with van der Waals surface area (Å²) in [5, 5.41) is 6.34. The van der Waals surface area contributed by atoms with Crippen molar-refractivity contribution in [3.63, 3.8) is 0 Å². The number of hydrogen-bond donors (Lipinski definition) is 2. The van der Waals surface area contributed by atoms with E-state index >= 15 is 0 Å². The zero-order valence-corrected chi connectivity index (χ0v) is 17.0. The van der Waals surface area contributed by atoms with Crippen LogP contribution in [0.5, 0.6) is 0 Å². The number of rotatable bonds is 7. The Morgan fingerprint density at radius 2 is 1.86 bits per heavy atom. The molecular formula is C24H30N4O. The second kappa shape index (κ2) is 9.59. The zero-order valence-electron chi connectivity index (χ0n) is 17.0. The van der Waals surface area contributed by atoms with Gasteiger partial charge in [0.05, 0.1) is 0 Å². The lowest BCUT2D eigenvalue weighted by Gasteiger charge is -2.18. The summed E-state index contributed by atoms with van der Waals surface area (Å²) < 4.78 is 0. The number of carbonyl (C=O) groups excluding carboxylic acids is 1. The summed E-state index contributed by atoms with van der Waals surface area (Å²) in [6, 6.07) is 12.0. The Labute approximate surface area is 173 Å². The third-order valence-corrected chi connectivity index (χ3v) is 5.75. The van der Waals surface area contributed by atoms with Crippen molar-refractivity contribution in [2.75, 3.05) is 29.9 Å². The summed E-state index contributed by atoms with van der Waals surface area (Å²) in [4.78, 5) is 19.3. The molecule has 2 aliphatic rings. The molecule has 5 heteroatoms. The minimum atomic E-state index is -0.0451. The standard InChI is InChI=1S/C24H30N4O/c29-24(26-14-12-19-6-2-1-3-7-19)20-13-15-25-23(18-20)27-21-8-10-22(11-9-21)28-16-4-5-17-28/h6,8-11,13,15,18H,1-5,7,12,14,16-17H2,(H,25,27)(H,26,29). The van der Waals surface area contributed by atoms with Crippen LogP contribution >= 0.6 is 0 Å². The van der Waals surface area contributed by atoms with E-state index in [0.29, 0.717) is 17.9 Å². The van der Waals surface area contributed by atoms with Crippen molar-refractivity contribution < 1.29 is 4.79 Å². The van der Waals surface area contributed by atoms with Crippen molar-refractivity contribution in [2.45, 2.75) is 44.9 Å². The molecule has 1 fully saturated rings. The number of allylic oxidation sites excluding steroid dienone is 1. The van der Waals surface area contributed by atoms with Gasteiger partial charge >= 0.3 is 0 Å². The van der Waals surface area contributed by atoms with E-state index in [2.05, 4.69) is 50.9 Å². The normalized spacial score (nSPS) is 16.4. The van der Waals surface area contributed by atoms with Crippen LogP contribution in [0.2, 0.25) is 0 Å². The number of benzene rings is 1. The van der Waals surface area contributed by atoms with E-state index in [4.69, 9.17) is 0 Å². The Morgan fingerprint density at radius 3 is 2.62 bits per heavy atom. The maximum absolute atomic E-state index is 12.5. The van der Waals surface area contributed by atoms with E-state index in [1.165, 1.54) is 49.8 Å². The predicted molar refractivity (Wildman–Crippen MR) is 119 cm³/mol. The topological polar surface area (TPSA) is 57.3 Å². The summed E-state index contributed by atoms with van der Waals surface area (Å²) in [5.74, 6) is 0.637. The molecule has 0 atom stereocenters. The van der Waals surface area contributed by atoms with Crippen LogP contribution in [0.25, 0.3) is 0 Å². The van der Waals surface area contributed by atoms with Gasteiger partial charge in [0.25, 0.3) is 5.91 Å². The number of aromatic nitrogens is 1. The SMILES string of the molecule is O=C(NCCC1=CCCCC1)c1ccnc(Nc2ccc(N3CCCC3)cc2)c1. The van der Waals surface area contributed by atoms with Crippen LogP contribution in [-0.4, -0.2) is 30.5 Å². The van der Waals surface area contributed by atoms with Crippen LogP contribution in [0.4, 0.5) is 17.2 Å². The van der Waals surface area contributed by atoms with Crippen LogP contribution in [0, 0.1) is 0 Å². The Morgan fingerprint density at radius 1 is 1.03 bits per heavy atom. The first kappa shape index (κ1) is 19.5. The van der Waals surface area contributed by atoms with E-state index in [1.54, 1.807) is 12.3 Å². The Bertz CT molecular complexity index is 853. The molecule has 0 bridgehead atoms. The monoisotopic (exact) mass is 390 g/mol. The van der Waals surface area contributed by atoms with Gasteiger partial charge in [0.15, 0.2) is 0 Å². The van der Waals surface area contributed by atoms with Crippen molar-refractivity contribution in [3.8, 4) is 0 Å². The molecule has 0 saturated carbocycles. The van der Waals surface area contributed by atoms with Gasteiger partial charge in [-0.3, -0.25) is 4.79 Å². The summed E-state index contributed by atoms with van der Waals surface area (Å²) in [6.45, 7) is 2.97. The van der Waals surface area contributed by atoms with Crippen molar-refractivity contribution in [1.29, 1.82) is 0 Å². The third-order valence-electron chi connectivity index (χ3n) is 5.75. The Hall–Kier alpha value is -2.82. The average Bonchev–Trinajstić information content (AvgIpc) is 3.30.